The molecule has 0 unspecified atom stereocenters. The molecule has 0 aliphatic carbocycles. The van der Waals surface area contributed by atoms with Crippen LogP contribution in [0, 0.1) is 13.8 Å². The number of hydrogen-bond acceptors (Lipinski definition) is 2. The van der Waals surface area contributed by atoms with Crippen LogP contribution >= 0.6 is 27.7 Å². The van der Waals surface area contributed by atoms with Gasteiger partial charge >= 0.3 is 0 Å². The third kappa shape index (κ3) is 3.05. The average molecular weight is 308 g/mol. The zero-order chi connectivity index (χ0) is 12.4. The first-order valence-electron chi connectivity index (χ1n) is 5.36. The van der Waals surface area contributed by atoms with Gasteiger partial charge in [-0.25, -0.2) is 0 Å². The Hall–Kier alpha value is -0.930. The van der Waals surface area contributed by atoms with Crippen molar-refractivity contribution in [1.82, 2.24) is 0 Å². The van der Waals surface area contributed by atoms with Gasteiger partial charge in [0.15, 0.2) is 0 Å². The first kappa shape index (κ1) is 12.5. The van der Waals surface area contributed by atoms with Gasteiger partial charge in [-0.05, 0) is 49.2 Å². The van der Waals surface area contributed by atoms with Gasteiger partial charge in [-0.15, -0.1) is 0 Å². The van der Waals surface area contributed by atoms with Crippen molar-refractivity contribution in [3.63, 3.8) is 0 Å². The largest absolute Gasteiger partial charge is 0.398 e. The molecule has 2 N–H and O–H groups in total. The molecule has 88 valence electrons. The van der Waals surface area contributed by atoms with E-state index in [1.165, 1.54) is 16.0 Å². The lowest BCUT2D eigenvalue weighted by atomic mass is 10.2. The second kappa shape index (κ2) is 5.15. The Morgan fingerprint density at radius 3 is 2.53 bits per heavy atom. The Bertz CT molecular complexity index is 502. The van der Waals surface area contributed by atoms with Crippen molar-refractivity contribution in [2.24, 2.45) is 0 Å². The van der Waals surface area contributed by atoms with Gasteiger partial charge in [0.05, 0.1) is 0 Å². The van der Waals surface area contributed by atoms with Crippen molar-refractivity contribution in [1.29, 1.82) is 0 Å². The number of aryl methyl sites for hydroxylation is 2. The third-order valence-corrected chi connectivity index (χ3v) is 4.27. The molecular weight excluding hydrogens is 294 g/mol. The van der Waals surface area contributed by atoms with Crippen LogP contribution in [0.4, 0.5) is 5.69 Å². The van der Waals surface area contributed by atoms with Gasteiger partial charge in [0.1, 0.15) is 0 Å². The summed E-state index contributed by atoms with van der Waals surface area (Å²) in [5.41, 5.74) is 9.35. The van der Waals surface area contributed by atoms with Gasteiger partial charge in [-0.1, -0.05) is 39.8 Å². The molecule has 0 radical (unpaired) electrons. The van der Waals surface area contributed by atoms with Gasteiger partial charge in [-0.2, -0.15) is 0 Å². The number of hydrogen-bond donors (Lipinski definition) is 1. The van der Waals surface area contributed by atoms with Crippen molar-refractivity contribution < 1.29 is 0 Å². The van der Waals surface area contributed by atoms with E-state index in [0.29, 0.717) is 0 Å². The Morgan fingerprint density at radius 1 is 1.00 bits per heavy atom. The lowest BCUT2D eigenvalue weighted by Gasteiger charge is -2.09. The molecule has 0 saturated heterocycles. The highest BCUT2D eigenvalue weighted by Gasteiger charge is 2.05. The maximum Gasteiger partial charge on any atom is 0.0456 e. The quantitative estimate of drug-likeness (QED) is 0.807. The SMILES string of the molecule is Cc1ccc(C)c(Sc2cc(Br)ccc2N)c1. The summed E-state index contributed by atoms with van der Waals surface area (Å²) >= 11 is 5.19. The minimum Gasteiger partial charge on any atom is -0.398 e. The number of rotatable bonds is 2. The van der Waals surface area contributed by atoms with Crippen molar-refractivity contribution in [2.45, 2.75) is 23.6 Å². The Labute approximate surface area is 115 Å². The molecule has 2 rings (SSSR count). The molecule has 0 saturated carbocycles. The van der Waals surface area contributed by atoms with Crippen LogP contribution < -0.4 is 5.73 Å². The normalized spacial score (nSPS) is 10.5. The van der Waals surface area contributed by atoms with Crippen LogP contribution in [0.2, 0.25) is 0 Å². The minimum absolute atomic E-state index is 0.819. The Morgan fingerprint density at radius 2 is 1.76 bits per heavy atom. The standard InChI is InChI=1S/C14H14BrNS/c1-9-3-4-10(2)13(7-9)17-14-8-11(15)5-6-12(14)16/h3-8H,16H2,1-2H3. The molecule has 0 amide bonds. The van der Waals surface area contributed by atoms with Crippen molar-refractivity contribution in [3.8, 4) is 0 Å². The summed E-state index contributed by atoms with van der Waals surface area (Å²) < 4.78 is 1.06. The van der Waals surface area contributed by atoms with Gasteiger partial charge < -0.3 is 5.73 Å². The van der Waals surface area contributed by atoms with E-state index in [1.54, 1.807) is 11.8 Å². The molecule has 0 atom stereocenters. The minimum atomic E-state index is 0.819. The van der Waals surface area contributed by atoms with E-state index in [9.17, 15) is 0 Å². The first-order valence-corrected chi connectivity index (χ1v) is 6.97. The fourth-order valence-corrected chi connectivity index (χ4v) is 3.13. The highest BCUT2D eigenvalue weighted by molar-refractivity contribution is 9.10. The summed E-state index contributed by atoms with van der Waals surface area (Å²) in [5, 5.41) is 0. The number of halogens is 1. The van der Waals surface area contributed by atoms with E-state index in [2.05, 4.69) is 54.0 Å². The molecule has 1 nitrogen and oxygen atoms in total. The van der Waals surface area contributed by atoms with Crippen LogP contribution in [-0.2, 0) is 0 Å². The van der Waals surface area contributed by atoms with Crippen LogP contribution in [-0.4, -0.2) is 0 Å². The summed E-state index contributed by atoms with van der Waals surface area (Å²) in [6.45, 7) is 4.23. The van der Waals surface area contributed by atoms with Crippen LogP contribution in [0.5, 0.6) is 0 Å². The molecule has 0 heterocycles. The van der Waals surface area contributed by atoms with Gasteiger partial charge in [0.2, 0.25) is 0 Å². The zero-order valence-electron chi connectivity index (χ0n) is 9.83. The molecule has 0 bridgehead atoms. The Kier molecular flexibility index (Phi) is 3.79. The second-order valence-electron chi connectivity index (χ2n) is 4.05. The van der Waals surface area contributed by atoms with Crippen molar-refractivity contribution in [3.05, 3.63) is 52.0 Å². The van der Waals surface area contributed by atoms with Gasteiger partial charge in [-0.3, -0.25) is 0 Å². The summed E-state index contributed by atoms with van der Waals surface area (Å²) in [6.07, 6.45) is 0. The molecule has 2 aromatic carbocycles. The fourth-order valence-electron chi connectivity index (χ4n) is 1.53. The average Bonchev–Trinajstić information content (AvgIpc) is 2.28. The van der Waals surface area contributed by atoms with E-state index >= 15 is 0 Å². The summed E-state index contributed by atoms with van der Waals surface area (Å²) in [7, 11) is 0. The van der Waals surface area contributed by atoms with Crippen LogP contribution in [0.1, 0.15) is 11.1 Å². The number of anilines is 1. The molecule has 0 aliphatic rings. The summed E-state index contributed by atoms with van der Waals surface area (Å²) in [5.74, 6) is 0. The highest BCUT2D eigenvalue weighted by Crippen LogP contribution is 2.35. The predicted molar refractivity (Wildman–Crippen MR) is 78.6 cm³/mol. The monoisotopic (exact) mass is 307 g/mol. The molecule has 0 aliphatic heterocycles. The maximum atomic E-state index is 5.98. The second-order valence-corrected chi connectivity index (χ2v) is 6.05. The van der Waals surface area contributed by atoms with E-state index in [4.69, 9.17) is 5.73 Å². The molecule has 2 aromatic rings. The molecule has 17 heavy (non-hydrogen) atoms. The lowest BCUT2D eigenvalue weighted by Crippen LogP contribution is -1.89. The highest BCUT2D eigenvalue weighted by atomic mass is 79.9. The van der Waals surface area contributed by atoms with Crippen molar-refractivity contribution >= 4 is 33.4 Å². The predicted octanol–water partition coefficient (Wildman–Crippen LogP) is 4.80. The van der Waals surface area contributed by atoms with E-state index < -0.39 is 0 Å². The van der Waals surface area contributed by atoms with E-state index in [0.717, 1.165) is 15.1 Å². The van der Waals surface area contributed by atoms with Crippen molar-refractivity contribution in [2.75, 3.05) is 5.73 Å². The van der Waals surface area contributed by atoms with Crippen LogP contribution in [0.25, 0.3) is 0 Å². The summed E-state index contributed by atoms with van der Waals surface area (Å²) in [4.78, 5) is 2.35. The lowest BCUT2D eigenvalue weighted by molar-refractivity contribution is 1.25. The topological polar surface area (TPSA) is 26.0 Å². The van der Waals surface area contributed by atoms with Crippen LogP contribution in [0.15, 0.2) is 50.7 Å². The first-order chi connectivity index (χ1) is 8.06. The van der Waals surface area contributed by atoms with E-state index in [-0.39, 0.29) is 0 Å². The molecule has 3 heteroatoms. The number of nitrogen functional groups attached to an aromatic ring is 1. The van der Waals surface area contributed by atoms with Gasteiger partial charge in [0, 0.05) is 20.0 Å². The number of nitrogens with two attached hydrogens (primary N) is 1. The molecular formula is C14H14BrNS. The zero-order valence-corrected chi connectivity index (χ0v) is 12.2. The van der Waals surface area contributed by atoms with Gasteiger partial charge in [0.25, 0.3) is 0 Å². The fraction of sp³-hybridized carbons (Fsp3) is 0.143. The molecule has 0 fully saturated rings. The van der Waals surface area contributed by atoms with Crippen LogP contribution in [0.3, 0.4) is 0 Å². The number of benzene rings is 2. The third-order valence-electron chi connectivity index (χ3n) is 2.54. The summed E-state index contributed by atoms with van der Waals surface area (Å²) in [6, 6.07) is 12.4. The Balaban J connectivity index is 2.37. The van der Waals surface area contributed by atoms with E-state index in [1.807, 2.05) is 12.1 Å². The molecule has 0 aromatic heterocycles. The maximum absolute atomic E-state index is 5.98. The molecule has 0 spiro atoms. The smallest absolute Gasteiger partial charge is 0.0456 e.